The first-order valence-corrected chi connectivity index (χ1v) is 6.22. The zero-order valence-electron chi connectivity index (χ0n) is 8.29. The minimum Gasteiger partial charge on any atom is -0.360 e. The highest BCUT2D eigenvalue weighted by Gasteiger charge is 2.01. The molecule has 5 heteroatoms. The van der Waals surface area contributed by atoms with Gasteiger partial charge in [-0.1, -0.05) is 5.16 Å². The second-order valence-corrected chi connectivity index (χ2v) is 5.79. The van der Waals surface area contributed by atoms with Gasteiger partial charge in [-0.2, -0.15) is 0 Å². The molecule has 0 fully saturated rings. The Balaban J connectivity index is 1.80. The Bertz CT molecular complexity index is 398. The Morgan fingerprint density at radius 3 is 2.93 bits per heavy atom. The second-order valence-electron chi connectivity index (χ2n) is 3.24. The average Bonchev–Trinajstić information content (AvgIpc) is 2.76. The number of nitrogens with one attached hydrogen (secondary N) is 1. The minimum absolute atomic E-state index is 0.719. The molecule has 0 atom stereocenters. The van der Waals surface area contributed by atoms with Gasteiger partial charge < -0.3 is 9.84 Å². The summed E-state index contributed by atoms with van der Waals surface area (Å²) in [6.45, 7) is 3.50. The normalized spacial score (nSPS) is 10.8. The smallest absolute Gasteiger partial charge is 0.150 e. The zero-order chi connectivity index (χ0) is 10.7. The van der Waals surface area contributed by atoms with Gasteiger partial charge in [-0.25, -0.2) is 0 Å². The monoisotopic (exact) mass is 286 g/mol. The number of hydrogen-bond donors (Lipinski definition) is 1. The van der Waals surface area contributed by atoms with Crippen molar-refractivity contribution in [1.82, 2.24) is 10.5 Å². The molecule has 2 heterocycles. The van der Waals surface area contributed by atoms with E-state index in [1.54, 1.807) is 11.3 Å². The number of thiophene rings is 1. The van der Waals surface area contributed by atoms with Crippen molar-refractivity contribution in [1.29, 1.82) is 0 Å². The SMILES string of the molecule is Cc1cc(CNCc2ccc(Br)s2)on1. The molecule has 0 bridgehead atoms. The maximum absolute atomic E-state index is 5.09. The van der Waals surface area contributed by atoms with E-state index in [1.807, 2.05) is 13.0 Å². The van der Waals surface area contributed by atoms with Crippen LogP contribution in [0, 0.1) is 6.92 Å². The first kappa shape index (κ1) is 10.9. The predicted molar refractivity (Wildman–Crippen MR) is 63.8 cm³/mol. The molecule has 0 aliphatic rings. The fourth-order valence-corrected chi connectivity index (χ4v) is 2.71. The van der Waals surface area contributed by atoms with E-state index in [1.165, 1.54) is 4.88 Å². The highest BCUT2D eigenvalue weighted by molar-refractivity contribution is 9.11. The molecule has 0 unspecified atom stereocenters. The molecular formula is C10H11BrN2OS. The quantitative estimate of drug-likeness (QED) is 0.939. The number of nitrogens with zero attached hydrogens (tertiary/aromatic N) is 1. The number of aryl methyl sites for hydroxylation is 1. The number of hydrogen-bond acceptors (Lipinski definition) is 4. The lowest BCUT2D eigenvalue weighted by Gasteiger charge is -1.98. The molecule has 2 rings (SSSR count). The summed E-state index contributed by atoms with van der Waals surface area (Å²) < 4.78 is 6.25. The van der Waals surface area contributed by atoms with Crippen LogP contribution in [0.5, 0.6) is 0 Å². The van der Waals surface area contributed by atoms with Gasteiger partial charge in [0.2, 0.25) is 0 Å². The standard InChI is InChI=1S/C10H11BrN2OS/c1-7-4-8(14-13-7)5-12-6-9-2-3-10(11)15-9/h2-4,12H,5-6H2,1H3. The van der Waals surface area contributed by atoms with Gasteiger partial charge in [-0.15, -0.1) is 11.3 Å². The first-order valence-electron chi connectivity index (χ1n) is 4.61. The minimum atomic E-state index is 0.719. The van der Waals surface area contributed by atoms with Crippen LogP contribution in [0.25, 0.3) is 0 Å². The fraction of sp³-hybridized carbons (Fsp3) is 0.300. The van der Waals surface area contributed by atoms with E-state index in [0.29, 0.717) is 0 Å². The Labute approximate surface area is 101 Å². The summed E-state index contributed by atoms with van der Waals surface area (Å²) in [6.07, 6.45) is 0. The van der Waals surface area contributed by atoms with Crippen molar-refractivity contribution in [2.45, 2.75) is 20.0 Å². The van der Waals surface area contributed by atoms with E-state index in [9.17, 15) is 0 Å². The van der Waals surface area contributed by atoms with Crippen molar-refractivity contribution >= 4 is 27.3 Å². The molecule has 0 radical (unpaired) electrons. The van der Waals surface area contributed by atoms with Crippen molar-refractivity contribution in [2.75, 3.05) is 0 Å². The fourth-order valence-electron chi connectivity index (χ4n) is 1.26. The van der Waals surface area contributed by atoms with E-state index in [-0.39, 0.29) is 0 Å². The van der Waals surface area contributed by atoms with Crippen LogP contribution in [0.15, 0.2) is 26.5 Å². The Morgan fingerprint density at radius 1 is 1.47 bits per heavy atom. The summed E-state index contributed by atoms with van der Waals surface area (Å²) in [6, 6.07) is 6.10. The zero-order valence-corrected chi connectivity index (χ0v) is 10.7. The van der Waals surface area contributed by atoms with E-state index < -0.39 is 0 Å². The van der Waals surface area contributed by atoms with Crippen molar-refractivity contribution < 1.29 is 4.52 Å². The van der Waals surface area contributed by atoms with Gasteiger partial charge in [0.25, 0.3) is 0 Å². The third kappa shape index (κ3) is 3.15. The molecule has 2 aromatic heterocycles. The Hall–Kier alpha value is -0.650. The van der Waals surface area contributed by atoms with Gasteiger partial charge >= 0.3 is 0 Å². The lowest BCUT2D eigenvalue weighted by atomic mass is 10.4. The molecule has 80 valence electrons. The molecule has 0 spiro atoms. The van der Waals surface area contributed by atoms with Gasteiger partial charge in [-0.05, 0) is 35.0 Å². The van der Waals surface area contributed by atoms with Gasteiger partial charge in [0.05, 0.1) is 16.0 Å². The number of halogens is 1. The van der Waals surface area contributed by atoms with Crippen LogP contribution in [0.3, 0.4) is 0 Å². The first-order chi connectivity index (χ1) is 7.24. The molecular weight excluding hydrogens is 276 g/mol. The van der Waals surface area contributed by atoms with Gasteiger partial charge in [0.1, 0.15) is 0 Å². The number of aromatic nitrogens is 1. The Morgan fingerprint density at radius 2 is 2.33 bits per heavy atom. The molecule has 0 amide bonds. The third-order valence-corrected chi connectivity index (χ3v) is 3.53. The molecule has 0 aromatic carbocycles. The predicted octanol–water partition coefficient (Wildman–Crippen LogP) is 3.10. The van der Waals surface area contributed by atoms with Crippen LogP contribution in [0.2, 0.25) is 0 Å². The molecule has 3 nitrogen and oxygen atoms in total. The van der Waals surface area contributed by atoms with Crippen molar-refractivity contribution in [3.63, 3.8) is 0 Å². The summed E-state index contributed by atoms with van der Waals surface area (Å²) in [5.74, 6) is 0.878. The van der Waals surface area contributed by atoms with Gasteiger partial charge in [0.15, 0.2) is 5.76 Å². The summed E-state index contributed by atoms with van der Waals surface area (Å²) in [5, 5.41) is 7.13. The van der Waals surface area contributed by atoms with Gasteiger partial charge in [0, 0.05) is 17.5 Å². The molecule has 1 N–H and O–H groups in total. The van der Waals surface area contributed by atoms with E-state index >= 15 is 0 Å². The van der Waals surface area contributed by atoms with Crippen LogP contribution in [0.1, 0.15) is 16.3 Å². The van der Waals surface area contributed by atoms with Crippen molar-refractivity contribution in [2.24, 2.45) is 0 Å². The lowest BCUT2D eigenvalue weighted by molar-refractivity contribution is 0.369. The third-order valence-electron chi connectivity index (χ3n) is 1.90. The summed E-state index contributed by atoms with van der Waals surface area (Å²) in [4.78, 5) is 1.30. The van der Waals surface area contributed by atoms with Crippen molar-refractivity contribution in [3.05, 3.63) is 38.3 Å². The van der Waals surface area contributed by atoms with Crippen molar-refractivity contribution in [3.8, 4) is 0 Å². The number of rotatable bonds is 4. The van der Waals surface area contributed by atoms with Crippen LogP contribution in [-0.4, -0.2) is 5.16 Å². The molecule has 2 aromatic rings. The second kappa shape index (κ2) is 4.92. The van der Waals surface area contributed by atoms with Crippen LogP contribution < -0.4 is 5.32 Å². The molecule has 0 saturated carbocycles. The molecule has 0 aliphatic carbocycles. The van der Waals surface area contributed by atoms with E-state index in [0.717, 1.165) is 28.3 Å². The average molecular weight is 287 g/mol. The largest absolute Gasteiger partial charge is 0.360 e. The van der Waals surface area contributed by atoms with Crippen LogP contribution in [0.4, 0.5) is 0 Å². The van der Waals surface area contributed by atoms with Crippen LogP contribution in [-0.2, 0) is 13.1 Å². The van der Waals surface area contributed by atoms with E-state index in [2.05, 4.69) is 38.5 Å². The summed E-state index contributed by atoms with van der Waals surface area (Å²) >= 11 is 5.17. The maximum atomic E-state index is 5.09. The summed E-state index contributed by atoms with van der Waals surface area (Å²) in [7, 11) is 0. The molecule has 0 aliphatic heterocycles. The van der Waals surface area contributed by atoms with Gasteiger partial charge in [-0.3, -0.25) is 0 Å². The topological polar surface area (TPSA) is 38.1 Å². The highest BCUT2D eigenvalue weighted by atomic mass is 79.9. The molecule has 0 saturated heterocycles. The summed E-state index contributed by atoms with van der Waals surface area (Å²) in [5.41, 5.74) is 0.922. The highest BCUT2D eigenvalue weighted by Crippen LogP contribution is 2.21. The maximum Gasteiger partial charge on any atom is 0.150 e. The van der Waals surface area contributed by atoms with E-state index in [4.69, 9.17) is 4.52 Å². The molecule has 15 heavy (non-hydrogen) atoms. The van der Waals surface area contributed by atoms with Crippen LogP contribution >= 0.6 is 27.3 Å². The lowest BCUT2D eigenvalue weighted by Crippen LogP contribution is -2.10. The Kier molecular flexibility index (Phi) is 3.56.